The summed E-state index contributed by atoms with van der Waals surface area (Å²) in [7, 11) is 0. The molecule has 1 saturated heterocycles. The van der Waals surface area contributed by atoms with Crippen LogP contribution < -0.4 is 0 Å². The topological polar surface area (TPSA) is 57.6 Å². The van der Waals surface area contributed by atoms with Crippen molar-refractivity contribution in [2.24, 2.45) is 5.92 Å². The number of aliphatic carboxylic acids is 1. The first-order chi connectivity index (χ1) is 12.0. The minimum atomic E-state index is -1.07. The Morgan fingerprint density at radius 3 is 2.64 bits per heavy atom. The third-order valence-electron chi connectivity index (χ3n) is 5.12. The zero-order valence-corrected chi connectivity index (χ0v) is 13.9. The molecule has 3 rings (SSSR count). The van der Waals surface area contributed by atoms with Gasteiger partial charge in [-0.05, 0) is 37.3 Å². The molecule has 4 nitrogen and oxygen atoms in total. The van der Waals surface area contributed by atoms with Crippen LogP contribution in [0.15, 0.2) is 29.8 Å². The second-order valence-corrected chi connectivity index (χ2v) is 6.80. The van der Waals surface area contributed by atoms with E-state index in [1.807, 2.05) is 0 Å². The van der Waals surface area contributed by atoms with E-state index in [9.17, 15) is 23.5 Å². The average molecular weight is 349 g/mol. The number of carbonyl (C=O) groups excluding carboxylic acids is 1. The Balaban J connectivity index is 1.77. The monoisotopic (exact) mass is 349 g/mol. The van der Waals surface area contributed by atoms with Gasteiger partial charge in [-0.3, -0.25) is 9.59 Å². The van der Waals surface area contributed by atoms with Crippen molar-refractivity contribution >= 4 is 11.9 Å². The molecule has 2 atom stereocenters. The zero-order chi connectivity index (χ0) is 18.0. The summed E-state index contributed by atoms with van der Waals surface area (Å²) < 4.78 is 27.2. The summed E-state index contributed by atoms with van der Waals surface area (Å²) in [4.78, 5) is 25.6. The molecule has 0 saturated carbocycles. The van der Waals surface area contributed by atoms with Crippen molar-refractivity contribution in [3.8, 4) is 0 Å². The first kappa shape index (κ1) is 17.6. The lowest BCUT2D eigenvalue weighted by Gasteiger charge is -2.19. The molecule has 0 radical (unpaired) electrons. The van der Waals surface area contributed by atoms with Crippen molar-refractivity contribution in [2.45, 2.75) is 38.0 Å². The quantitative estimate of drug-likeness (QED) is 0.847. The van der Waals surface area contributed by atoms with Crippen LogP contribution in [0.3, 0.4) is 0 Å². The van der Waals surface area contributed by atoms with Crippen molar-refractivity contribution in [3.05, 3.63) is 47.0 Å². The number of amides is 1. The summed E-state index contributed by atoms with van der Waals surface area (Å²) in [6.45, 7) is 0.203. The summed E-state index contributed by atoms with van der Waals surface area (Å²) in [6, 6.07) is 3.16. The molecule has 6 heteroatoms. The molecule has 0 bridgehead atoms. The number of allylic oxidation sites excluding steroid dienone is 1. The van der Waals surface area contributed by atoms with Crippen molar-refractivity contribution < 1.29 is 23.5 Å². The standard InChI is InChI=1S/C19H21F2NO3/c20-13-6-7-14(17(21)9-13)15-10-22(11-16(15)19(24)25)18(23)8-12-4-2-1-3-5-12/h4,6-7,9,15-16H,1-3,5,8,10-11H2,(H,24,25)/t15-,16+/m0/s1. The maximum absolute atomic E-state index is 14.1. The minimum Gasteiger partial charge on any atom is -0.481 e. The number of carbonyl (C=O) groups is 2. The van der Waals surface area contributed by atoms with E-state index in [1.165, 1.54) is 11.0 Å². The third-order valence-corrected chi connectivity index (χ3v) is 5.12. The number of halogens is 2. The van der Waals surface area contributed by atoms with Crippen LogP contribution in [0.2, 0.25) is 0 Å². The van der Waals surface area contributed by atoms with E-state index in [-0.39, 0.29) is 24.6 Å². The average Bonchev–Trinajstić information content (AvgIpc) is 3.01. The van der Waals surface area contributed by atoms with Gasteiger partial charge < -0.3 is 10.0 Å². The number of likely N-dealkylation sites (tertiary alicyclic amines) is 1. The van der Waals surface area contributed by atoms with Crippen LogP contribution in [0, 0.1) is 17.6 Å². The molecule has 1 aliphatic carbocycles. The molecule has 1 heterocycles. The zero-order valence-electron chi connectivity index (χ0n) is 13.9. The second-order valence-electron chi connectivity index (χ2n) is 6.80. The van der Waals surface area contributed by atoms with E-state index in [2.05, 4.69) is 6.08 Å². The molecule has 1 N–H and O–H groups in total. The largest absolute Gasteiger partial charge is 0.481 e. The molecule has 1 aromatic rings. The van der Waals surface area contributed by atoms with Crippen molar-refractivity contribution in [1.29, 1.82) is 0 Å². The van der Waals surface area contributed by atoms with Gasteiger partial charge in [-0.25, -0.2) is 8.78 Å². The second kappa shape index (κ2) is 7.33. The van der Waals surface area contributed by atoms with Gasteiger partial charge in [0.2, 0.25) is 5.91 Å². The Kier molecular flexibility index (Phi) is 5.16. The summed E-state index contributed by atoms with van der Waals surface area (Å²) in [5, 5.41) is 9.47. The Morgan fingerprint density at radius 2 is 2.00 bits per heavy atom. The molecule has 0 aromatic heterocycles. The molecule has 1 amide bonds. The molecule has 25 heavy (non-hydrogen) atoms. The SMILES string of the molecule is O=C(O)[C@@H]1CN(C(=O)CC2=CCCCC2)C[C@H]1c1ccc(F)cc1F. The van der Waals surface area contributed by atoms with Crippen LogP contribution in [0.4, 0.5) is 8.78 Å². The fourth-order valence-corrected chi connectivity index (χ4v) is 3.75. The molecule has 2 aliphatic rings. The van der Waals surface area contributed by atoms with Gasteiger partial charge in [0.15, 0.2) is 0 Å². The lowest BCUT2D eigenvalue weighted by atomic mass is 9.88. The van der Waals surface area contributed by atoms with E-state index in [4.69, 9.17) is 0 Å². The van der Waals surface area contributed by atoms with Gasteiger partial charge in [-0.1, -0.05) is 17.7 Å². The van der Waals surface area contributed by atoms with Crippen LogP contribution in [0.1, 0.15) is 43.6 Å². The highest BCUT2D eigenvalue weighted by Gasteiger charge is 2.41. The summed E-state index contributed by atoms with van der Waals surface area (Å²) in [5.41, 5.74) is 1.25. The van der Waals surface area contributed by atoms with Crippen molar-refractivity contribution in [2.75, 3.05) is 13.1 Å². The molecular weight excluding hydrogens is 328 g/mol. The molecular formula is C19H21F2NO3. The molecule has 1 aromatic carbocycles. The number of carboxylic acids is 1. The predicted octanol–water partition coefficient (Wildman–Crippen LogP) is 3.48. The Morgan fingerprint density at radius 1 is 1.20 bits per heavy atom. The van der Waals surface area contributed by atoms with Crippen LogP contribution >= 0.6 is 0 Å². The van der Waals surface area contributed by atoms with E-state index >= 15 is 0 Å². The molecule has 1 fully saturated rings. The van der Waals surface area contributed by atoms with Gasteiger partial charge in [-0.2, -0.15) is 0 Å². The highest BCUT2D eigenvalue weighted by Crippen LogP contribution is 2.35. The lowest BCUT2D eigenvalue weighted by Crippen LogP contribution is -2.30. The normalized spacial score (nSPS) is 23.4. The van der Waals surface area contributed by atoms with E-state index in [0.29, 0.717) is 6.42 Å². The van der Waals surface area contributed by atoms with Crippen molar-refractivity contribution in [3.63, 3.8) is 0 Å². The van der Waals surface area contributed by atoms with Crippen molar-refractivity contribution in [1.82, 2.24) is 4.90 Å². The fourth-order valence-electron chi connectivity index (χ4n) is 3.75. The van der Waals surface area contributed by atoms with Gasteiger partial charge in [0, 0.05) is 31.5 Å². The number of hydrogen-bond donors (Lipinski definition) is 1. The Labute approximate surface area is 145 Å². The minimum absolute atomic E-state index is 0.0585. The number of nitrogens with zero attached hydrogens (tertiary/aromatic N) is 1. The maximum Gasteiger partial charge on any atom is 0.308 e. The molecule has 0 unspecified atom stereocenters. The van der Waals surface area contributed by atoms with Gasteiger partial charge in [0.25, 0.3) is 0 Å². The number of rotatable bonds is 4. The van der Waals surface area contributed by atoms with E-state index < -0.39 is 29.4 Å². The Bertz CT molecular complexity index is 717. The molecule has 1 aliphatic heterocycles. The number of hydrogen-bond acceptors (Lipinski definition) is 2. The first-order valence-electron chi connectivity index (χ1n) is 8.59. The fraction of sp³-hybridized carbons (Fsp3) is 0.474. The number of benzene rings is 1. The number of carboxylic acid groups (broad SMARTS) is 1. The van der Waals surface area contributed by atoms with Crippen LogP contribution in [-0.4, -0.2) is 35.0 Å². The third kappa shape index (κ3) is 3.89. The maximum atomic E-state index is 14.1. The predicted molar refractivity (Wildman–Crippen MR) is 88.0 cm³/mol. The van der Waals surface area contributed by atoms with Crippen LogP contribution in [-0.2, 0) is 9.59 Å². The summed E-state index contributed by atoms with van der Waals surface area (Å²) in [6.07, 6.45) is 6.46. The Hall–Kier alpha value is -2.24. The summed E-state index contributed by atoms with van der Waals surface area (Å²) in [5.74, 6) is -4.21. The highest BCUT2D eigenvalue weighted by atomic mass is 19.1. The molecule has 0 spiro atoms. The lowest BCUT2D eigenvalue weighted by molar-refractivity contribution is -0.141. The molecule has 134 valence electrons. The smallest absolute Gasteiger partial charge is 0.308 e. The summed E-state index contributed by atoms with van der Waals surface area (Å²) >= 11 is 0. The van der Waals surface area contributed by atoms with Gasteiger partial charge >= 0.3 is 5.97 Å². The first-order valence-corrected chi connectivity index (χ1v) is 8.59. The van der Waals surface area contributed by atoms with Gasteiger partial charge in [0.1, 0.15) is 11.6 Å². The van der Waals surface area contributed by atoms with Crippen LogP contribution in [0.25, 0.3) is 0 Å². The van der Waals surface area contributed by atoms with Crippen LogP contribution in [0.5, 0.6) is 0 Å². The van der Waals surface area contributed by atoms with Gasteiger partial charge in [-0.15, -0.1) is 0 Å². The van der Waals surface area contributed by atoms with E-state index in [0.717, 1.165) is 43.4 Å². The van der Waals surface area contributed by atoms with Gasteiger partial charge in [0.05, 0.1) is 5.92 Å². The van der Waals surface area contributed by atoms with E-state index in [1.54, 1.807) is 0 Å². The highest BCUT2D eigenvalue weighted by molar-refractivity contribution is 5.81.